The van der Waals surface area contributed by atoms with Crippen LogP contribution in [0.3, 0.4) is 0 Å². The third kappa shape index (κ3) is 3.45. The predicted octanol–water partition coefficient (Wildman–Crippen LogP) is 2.97. The summed E-state index contributed by atoms with van der Waals surface area (Å²) < 4.78 is 5.82. The standard InChI is InChI=1S/C27H29N3O4/c1-18-6-9-20(28-12-14-29(15-13-28)24(31)19-7-8-19)16-22(18)25(32)30-11-10-27(17-30)23-5-3-2-4-21(23)26(33)34-27/h2-6,9,16,19H,7-8,10-15,17H2,1H3/t27-/m0/s1. The molecule has 2 aromatic rings. The molecule has 0 radical (unpaired) electrons. The maximum Gasteiger partial charge on any atom is 0.339 e. The van der Waals surface area contributed by atoms with Crippen molar-refractivity contribution in [1.29, 1.82) is 0 Å². The summed E-state index contributed by atoms with van der Waals surface area (Å²) in [5.74, 6) is 0.225. The number of nitrogens with zero attached hydrogens (tertiary/aromatic N) is 3. The molecule has 7 heteroatoms. The van der Waals surface area contributed by atoms with Crippen molar-refractivity contribution in [1.82, 2.24) is 9.80 Å². The van der Waals surface area contributed by atoms with Gasteiger partial charge in [0, 0.05) is 61.9 Å². The Morgan fingerprint density at radius 3 is 2.50 bits per heavy atom. The first kappa shape index (κ1) is 21.2. The van der Waals surface area contributed by atoms with Gasteiger partial charge in [-0.25, -0.2) is 4.79 Å². The average Bonchev–Trinajstić information content (AvgIpc) is 3.57. The van der Waals surface area contributed by atoms with Crippen molar-refractivity contribution in [2.24, 2.45) is 5.92 Å². The smallest absolute Gasteiger partial charge is 0.339 e. The van der Waals surface area contributed by atoms with Crippen LogP contribution in [0.5, 0.6) is 0 Å². The number of ether oxygens (including phenoxy) is 1. The summed E-state index contributed by atoms with van der Waals surface area (Å²) in [6.45, 7) is 5.88. The number of carbonyl (C=O) groups is 3. The number of rotatable bonds is 3. The third-order valence-corrected chi connectivity index (χ3v) is 7.78. The molecule has 2 amide bonds. The highest BCUT2D eigenvalue weighted by atomic mass is 16.6. The molecule has 3 fully saturated rings. The van der Waals surface area contributed by atoms with Crippen LogP contribution in [0.15, 0.2) is 42.5 Å². The number of anilines is 1. The number of esters is 1. The number of amides is 2. The molecule has 1 saturated carbocycles. The normalized spacial score (nSPS) is 23.9. The van der Waals surface area contributed by atoms with Gasteiger partial charge in [-0.1, -0.05) is 24.3 Å². The van der Waals surface area contributed by atoms with Crippen molar-refractivity contribution in [3.63, 3.8) is 0 Å². The number of benzene rings is 2. The Morgan fingerprint density at radius 2 is 1.74 bits per heavy atom. The Labute approximate surface area is 199 Å². The van der Waals surface area contributed by atoms with E-state index in [9.17, 15) is 14.4 Å². The molecule has 2 aromatic carbocycles. The average molecular weight is 460 g/mol. The van der Waals surface area contributed by atoms with Crippen molar-refractivity contribution < 1.29 is 19.1 Å². The molecule has 7 nitrogen and oxygen atoms in total. The zero-order valence-electron chi connectivity index (χ0n) is 19.5. The largest absolute Gasteiger partial charge is 0.449 e. The number of carbonyl (C=O) groups excluding carboxylic acids is 3. The molecule has 6 rings (SSSR count). The second-order valence-corrected chi connectivity index (χ2v) is 9.99. The van der Waals surface area contributed by atoms with Crippen molar-refractivity contribution in [3.8, 4) is 0 Å². The number of hydrogen-bond donors (Lipinski definition) is 0. The number of piperazine rings is 1. The summed E-state index contributed by atoms with van der Waals surface area (Å²) in [6.07, 6.45) is 2.67. The lowest BCUT2D eigenvalue weighted by Crippen LogP contribution is -2.49. The van der Waals surface area contributed by atoms with Gasteiger partial charge in [0.15, 0.2) is 5.60 Å². The lowest BCUT2D eigenvalue weighted by atomic mass is 9.91. The van der Waals surface area contributed by atoms with Gasteiger partial charge in [-0.15, -0.1) is 0 Å². The molecule has 2 saturated heterocycles. The summed E-state index contributed by atoms with van der Waals surface area (Å²) >= 11 is 0. The SMILES string of the molecule is Cc1ccc(N2CCN(C(=O)C3CC3)CC2)cc1C(=O)N1CC[C@@]2(C1)OC(=O)c1ccccc12. The van der Waals surface area contributed by atoms with Crippen LogP contribution in [0.25, 0.3) is 0 Å². The maximum atomic E-state index is 13.6. The van der Waals surface area contributed by atoms with E-state index in [0.29, 0.717) is 36.5 Å². The molecule has 3 aliphatic heterocycles. The maximum absolute atomic E-state index is 13.6. The van der Waals surface area contributed by atoms with Crippen LogP contribution >= 0.6 is 0 Å². The highest BCUT2D eigenvalue weighted by molar-refractivity contribution is 5.98. The van der Waals surface area contributed by atoms with Crippen molar-refractivity contribution in [2.75, 3.05) is 44.2 Å². The van der Waals surface area contributed by atoms with Crippen LogP contribution in [-0.2, 0) is 15.1 Å². The Morgan fingerprint density at radius 1 is 0.971 bits per heavy atom. The van der Waals surface area contributed by atoms with Crippen molar-refractivity contribution in [2.45, 2.75) is 31.8 Å². The van der Waals surface area contributed by atoms with Gasteiger partial charge in [0.05, 0.1) is 12.1 Å². The Kier molecular flexibility index (Phi) is 4.90. The molecule has 0 unspecified atom stereocenters. The lowest BCUT2D eigenvalue weighted by molar-refractivity contribution is -0.132. The fourth-order valence-corrected chi connectivity index (χ4v) is 5.59. The zero-order valence-corrected chi connectivity index (χ0v) is 19.5. The third-order valence-electron chi connectivity index (χ3n) is 7.78. The molecular formula is C27H29N3O4. The Bertz CT molecular complexity index is 1180. The predicted molar refractivity (Wildman–Crippen MR) is 127 cm³/mol. The van der Waals surface area contributed by atoms with E-state index in [2.05, 4.69) is 11.0 Å². The summed E-state index contributed by atoms with van der Waals surface area (Å²) in [4.78, 5) is 44.4. The number of aryl methyl sites for hydroxylation is 1. The second-order valence-electron chi connectivity index (χ2n) is 9.99. The van der Waals surface area contributed by atoms with Crippen molar-refractivity contribution >= 4 is 23.5 Å². The van der Waals surface area contributed by atoms with Crippen LogP contribution in [0.4, 0.5) is 5.69 Å². The summed E-state index contributed by atoms with van der Waals surface area (Å²) in [6, 6.07) is 13.5. The molecule has 0 N–H and O–H groups in total. The molecular weight excluding hydrogens is 430 g/mol. The topological polar surface area (TPSA) is 70.2 Å². The monoisotopic (exact) mass is 459 g/mol. The minimum Gasteiger partial charge on any atom is -0.449 e. The second kappa shape index (κ2) is 7.86. The molecule has 0 aromatic heterocycles. The highest BCUT2D eigenvalue weighted by Gasteiger charge is 2.51. The Balaban J connectivity index is 1.18. The van der Waals surface area contributed by atoms with Gasteiger partial charge in [0.2, 0.25) is 5.91 Å². The first-order valence-electron chi connectivity index (χ1n) is 12.2. The van der Waals surface area contributed by atoms with E-state index in [0.717, 1.165) is 55.8 Å². The van der Waals surface area contributed by atoms with E-state index in [1.54, 1.807) is 6.07 Å². The van der Waals surface area contributed by atoms with E-state index in [4.69, 9.17) is 4.74 Å². The van der Waals surface area contributed by atoms with Gasteiger partial charge in [-0.2, -0.15) is 0 Å². The molecule has 1 atom stereocenters. The number of fused-ring (bicyclic) bond motifs is 2. The zero-order chi connectivity index (χ0) is 23.4. The molecule has 176 valence electrons. The quantitative estimate of drug-likeness (QED) is 0.660. The van der Waals surface area contributed by atoms with Crippen LogP contribution in [-0.4, -0.2) is 66.9 Å². The molecule has 4 aliphatic rings. The molecule has 1 aliphatic carbocycles. The van der Waals surface area contributed by atoms with E-state index >= 15 is 0 Å². The molecule has 0 bridgehead atoms. The summed E-state index contributed by atoms with van der Waals surface area (Å²) in [7, 11) is 0. The fourth-order valence-electron chi connectivity index (χ4n) is 5.59. The van der Waals surface area contributed by atoms with Crippen LogP contribution in [0.1, 0.15) is 51.1 Å². The highest BCUT2D eigenvalue weighted by Crippen LogP contribution is 2.43. The minimum absolute atomic E-state index is 0.0285. The van der Waals surface area contributed by atoms with Crippen LogP contribution in [0.2, 0.25) is 0 Å². The van der Waals surface area contributed by atoms with E-state index in [1.165, 1.54) is 0 Å². The van der Waals surface area contributed by atoms with Gasteiger partial charge in [-0.05, 0) is 43.5 Å². The van der Waals surface area contributed by atoms with Gasteiger partial charge in [0.25, 0.3) is 5.91 Å². The van der Waals surface area contributed by atoms with Crippen LogP contribution < -0.4 is 4.90 Å². The molecule has 3 heterocycles. The summed E-state index contributed by atoms with van der Waals surface area (Å²) in [5.41, 5.74) is 3.39. The first-order valence-corrected chi connectivity index (χ1v) is 12.2. The van der Waals surface area contributed by atoms with Gasteiger partial charge >= 0.3 is 5.97 Å². The minimum atomic E-state index is -0.737. The first-order chi connectivity index (χ1) is 16.4. The molecule has 34 heavy (non-hydrogen) atoms. The molecule has 1 spiro atoms. The fraction of sp³-hybridized carbons (Fsp3) is 0.444. The Hall–Kier alpha value is -3.35. The van der Waals surface area contributed by atoms with Crippen molar-refractivity contribution in [3.05, 3.63) is 64.7 Å². The number of likely N-dealkylation sites (tertiary alicyclic amines) is 1. The van der Waals surface area contributed by atoms with Gasteiger partial charge in [0.1, 0.15) is 0 Å². The lowest BCUT2D eigenvalue weighted by Gasteiger charge is -2.36. The van der Waals surface area contributed by atoms with E-state index < -0.39 is 5.60 Å². The van der Waals surface area contributed by atoms with E-state index in [1.807, 2.05) is 47.1 Å². The number of hydrogen-bond acceptors (Lipinski definition) is 5. The van der Waals surface area contributed by atoms with E-state index in [-0.39, 0.29) is 17.8 Å². The summed E-state index contributed by atoms with van der Waals surface area (Å²) in [5, 5.41) is 0. The van der Waals surface area contributed by atoms with Crippen LogP contribution in [0, 0.1) is 12.8 Å². The van der Waals surface area contributed by atoms with Gasteiger partial charge < -0.3 is 19.4 Å². The van der Waals surface area contributed by atoms with Gasteiger partial charge in [-0.3, -0.25) is 9.59 Å².